The van der Waals surface area contributed by atoms with Crippen molar-refractivity contribution < 1.29 is 9.59 Å². The molecule has 1 N–H and O–H groups in total. The smallest absolute Gasteiger partial charge is 0.179 e. The molecule has 0 aliphatic heterocycles. The number of quaternary nitrogens is 1. The molecule has 0 aromatic carbocycles. The van der Waals surface area contributed by atoms with Crippen LogP contribution in [0.2, 0.25) is 0 Å². The van der Waals surface area contributed by atoms with E-state index in [4.69, 9.17) is 5.11 Å². The molecule has 68 valence electrons. The van der Waals surface area contributed by atoms with E-state index in [9.17, 15) is 0 Å². The van der Waals surface area contributed by atoms with E-state index in [2.05, 4.69) is 21.0 Å². The molecule has 0 amide bonds. The van der Waals surface area contributed by atoms with Crippen molar-refractivity contribution in [2.75, 3.05) is 27.4 Å². The standard InChI is InChI=1S/C9H22NO/c1-4-5-6-7-8-10(2,3)9-11/h11H,4-9H2,1-3H3/q+1. The molecule has 0 rings (SSSR count). The first-order valence-corrected chi connectivity index (χ1v) is 4.55. The maximum Gasteiger partial charge on any atom is 0.179 e. The van der Waals surface area contributed by atoms with Gasteiger partial charge in [-0.1, -0.05) is 19.8 Å². The van der Waals surface area contributed by atoms with Crippen LogP contribution in [0.15, 0.2) is 0 Å². The Morgan fingerprint density at radius 2 is 1.73 bits per heavy atom. The molecule has 0 aromatic rings. The van der Waals surface area contributed by atoms with Crippen molar-refractivity contribution in [2.24, 2.45) is 0 Å². The summed E-state index contributed by atoms with van der Waals surface area (Å²) in [6, 6.07) is 0. The molecule has 0 aromatic heterocycles. The number of nitrogens with zero attached hydrogens (tertiary/aromatic N) is 1. The highest BCUT2D eigenvalue weighted by Crippen LogP contribution is 2.03. The molecule has 0 bridgehead atoms. The fourth-order valence-corrected chi connectivity index (χ4v) is 1.04. The van der Waals surface area contributed by atoms with Gasteiger partial charge in [-0.25, -0.2) is 0 Å². The summed E-state index contributed by atoms with van der Waals surface area (Å²) in [5.41, 5.74) is 0. The van der Waals surface area contributed by atoms with E-state index in [0.717, 1.165) is 11.0 Å². The lowest BCUT2D eigenvalue weighted by Crippen LogP contribution is -2.41. The molecule has 0 spiro atoms. The molecule has 0 saturated carbocycles. The summed E-state index contributed by atoms with van der Waals surface area (Å²) in [6.45, 7) is 3.56. The van der Waals surface area contributed by atoms with E-state index in [0.29, 0.717) is 0 Å². The van der Waals surface area contributed by atoms with Gasteiger partial charge in [0, 0.05) is 0 Å². The average Bonchev–Trinajstić information content (AvgIpc) is 1.99. The van der Waals surface area contributed by atoms with E-state index in [-0.39, 0.29) is 6.73 Å². The van der Waals surface area contributed by atoms with Crippen LogP contribution < -0.4 is 0 Å². The van der Waals surface area contributed by atoms with Crippen molar-refractivity contribution in [3.8, 4) is 0 Å². The Labute approximate surface area is 70.4 Å². The second kappa shape index (κ2) is 5.56. The number of rotatable bonds is 6. The number of aliphatic hydroxyl groups is 1. The SMILES string of the molecule is CCCCCC[N+](C)(C)CO. The largest absolute Gasteiger partial charge is 0.347 e. The predicted molar refractivity (Wildman–Crippen MR) is 48.2 cm³/mol. The number of hydrogen-bond donors (Lipinski definition) is 1. The van der Waals surface area contributed by atoms with Crippen LogP contribution >= 0.6 is 0 Å². The van der Waals surface area contributed by atoms with Gasteiger partial charge in [0.05, 0.1) is 20.6 Å². The topological polar surface area (TPSA) is 20.2 Å². The minimum Gasteiger partial charge on any atom is -0.347 e. The van der Waals surface area contributed by atoms with Crippen molar-refractivity contribution in [3.63, 3.8) is 0 Å². The van der Waals surface area contributed by atoms with E-state index in [1.54, 1.807) is 0 Å². The van der Waals surface area contributed by atoms with E-state index < -0.39 is 0 Å². The number of aliphatic hydroxyl groups excluding tert-OH is 1. The van der Waals surface area contributed by atoms with Crippen LogP contribution in [0.4, 0.5) is 0 Å². The maximum absolute atomic E-state index is 8.92. The third kappa shape index (κ3) is 6.32. The van der Waals surface area contributed by atoms with Crippen LogP contribution in [-0.2, 0) is 0 Å². The highest BCUT2D eigenvalue weighted by molar-refractivity contribution is 4.38. The van der Waals surface area contributed by atoms with Crippen LogP contribution in [0, 0.1) is 0 Å². The fraction of sp³-hybridized carbons (Fsp3) is 1.00. The van der Waals surface area contributed by atoms with Gasteiger partial charge in [0.2, 0.25) is 0 Å². The molecule has 2 nitrogen and oxygen atoms in total. The third-order valence-electron chi connectivity index (χ3n) is 2.00. The summed E-state index contributed by atoms with van der Waals surface area (Å²) in [5, 5.41) is 8.92. The molecule has 0 saturated heterocycles. The van der Waals surface area contributed by atoms with Crippen LogP contribution in [-0.4, -0.2) is 37.0 Å². The van der Waals surface area contributed by atoms with E-state index in [1.165, 1.54) is 25.7 Å². The van der Waals surface area contributed by atoms with Gasteiger partial charge in [-0.05, 0) is 12.8 Å². The second-order valence-corrected chi connectivity index (χ2v) is 3.86. The molecule has 0 heterocycles. The van der Waals surface area contributed by atoms with Gasteiger partial charge in [-0.15, -0.1) is 0 Å². The number of unbranched alkanes of at least 4 members (excludes halogenated alkanes) is 3. The van der Waals surface area contributed by atoms with Crippen LogP contribution in [0.25, 0.3) is 0 Å². The van der Waals surface area contributed by atoms with Crippen molar-refractivity contribution in [1.29, 1.82) is 0 Å². The minimum atomic E-state index is 0.256. The summed E-state index contributed by atoms with van der Waals surface area (Å²) in [7, 11) is 4.12. The van der Waals surface area contributed by atoms with Crippen LogP contribution in [0.1, 0.15) is 32.6 Å². The van der Waals surface area contributed by atoms with E-state index >= 15 is 0 Å². The molecule has 0 fully saturated rings. The average molecular weight is 160 g/mol. The monoisotopic (exact) mass is 160 g/mol. The Morgan fingerprint density at radius 1 is 1.09 bits per heavy atom. The molecular formula is C9H22NO+. The van der Waals surface area contributed by atoms with Crippen LogP contribution in [0.3, 0.4) is 0 Å². The van der Waals surface area contributed by atoms with Crippen molar-refractivity contribution in [2.45, 2.75) is 32.6 Å². The fourth-order valence-electron chi connectivity index (χ4n) is 1.04. The van der Waals surface area contributed by atoms with Gasteiger partial charge in [0.15, 0.2) is 6.73 Å². The second-order valence-electron chi connectivity index (χ2n) is 3.86. The Kier molecular flexibility index (Phi) is 5.51. The lowest BCUT2D eigenvalue weighted by Gasteiger charge is -2.26. The Hall–Kier alpha value is -0.0800. The third-order valence-corrected chi connectivity index (χ3v) is 2.00. The Balaban J connectivity index is 3.23. The lowest BCUT2D eigenvalue weighted by molar-refractivity contribution is -0.909. The lowest BCUT2D eigenvalue weighted by atomic mass is 10.2. The molecule has 0 unspecified atom stereocenters. The molecule has 0 atom stereocenters. The van der Waals surface area contributed by atoms with Crippen molar-refractivity contribution >= 4 is 0 Å². The summed E-state index contributed by atoms with van der Waals surface area (Å²) in [5.74, 6) is 0. The highest BCUT2D eigenvalue weighted by Gasteiger charge is 2.10. The van der Waals surface area contributed by atoms with Gasteiger partial charge in [0.25, 0.3) is 0 Å². The zero-order valence-corrected chi connectivity index (χ0v) is 8.14. The zero-order valence-electron chi connectivity index (χ0n) is 8.14. The van der Waals surface area contributed by atoms with Gasteiger partial charge < -0.3 is 9.59 Å². The van der Waals surface area contributed by atoms with Crippen molar-refractivity contribution in [3.05, 3.63) is 0 Å². The van der Waals surface area contributed by atoms with Gasteiger partial charge in [-0.2, -0.15) is 0 Å². The summed E-state index contributed by atoms with van der Waals surface area (Å²) in [4.78, 5) is 0. The summed E-state index contributed by atoms with van der Waals surface area (Å²) in [6.07, 6.45) is 5.15. The minimum absolute atomic E-state index is 0.256. The highest BCUT2D eigenvalue weighted by atomic mass is 16.3. The normalized spacial score (nSPS) is 12.0. The molecule has 2 heteroatoms. The molecule has 0 radical (unpaired) electrons. The first kappa shape index (κ1) is 10.9. The first-order valence-electron chi connectivity index (χ1n) is 4.55. The molecule has 0 aliphatic rings. The molecular weight excluding hydrogens is 138 g/mol. The summed E-state index contributed by atoms with van der Waals surface area (Å²) < 4.78 is 0.740. The quantitative estimate of drug-likeness (QED) is 0.355. The Morgan fingerprint density at radius 3 is 2.18 bits per heavy atom. The Bertz CT molecular complexity index is 91.6. The summed E-state index contributed by atoms with van der Waals surface area (Å²) >= 11 is 0. The van der Waals surface area contributed by atoms with E-state index in [1.807, 2.05) is 0 Å². The number of hydrogen-bond acceptors (Lipinski definition) is 1. The maximum atomic E-state index is 8.92. The van der Waals surface area contributed by atoms with Crippen molar-refractivity contribution in [1.82, 2.24) is 0 Å². The first-order chi connectivity index (χ1) is 5.12. The zero-order chi connectivity index (χ0) is 8.74. The van der Waals surface area contributed by atoms with Gasteiger partial charge in [0.1, 0.15) is 0 Å². The molecule has 11 heavy (non-hydrogen) atoms. The predicted octanol–water partition coefficient (Wildman–Crippen LogP) is 1.59. The van der Waals surface area contributed by atoms with Gasteiger partial charge in [-0.3, -0.25) is 0 Å². The molecule has 0 aliphatic carbocycles. The van der Waals surface area contributed by atoms with Gasteiger partial charge >= 0.3 is 0 Å². The van der Waals surface area contributed by atoms with Crippen LogP contribution in [0.5, 0.6) is 0 Å².